The number of amides is 1. The second kappa shape index (κ2) is 10.4. The first-order valence-corrected chi connectivity index (χ1v) is 10.6. The van der Waals surface area contributed by atoms with E-state index in [0.717, 1.165) is 5.56 Å². The molecule has 0 saturated heterocycles. The molecule has 0 N–H and O–H groups in total. The summed E-state index contributed by atoms with van der Waals surface area (Å²) in [4.78, 5) is 18.0. The second-order valence-corrected chi connectivity index (χ2v) is 8.35. The zero-order valence-corrected chi connectivity index (χ0v) is 18.5. The lowest BCUT2D eigenvalue weighted by atomic mass is 9.94. The minimum atomic E-state index is -0.201. The van der Waals surface area contributed by atoms with Crippen molar-refractivity contribution >= 4 is 29.1 Å². The average molecular weight is 458 g/mol. The van der Waals surface area contributed by atoms with E-state index < -0.39 is 0 Å². The topological polar surface area (TPSA) is 102 Å². The summed E-state index contributed by atoms with van der Waals surface area (Å²) in [5, 5.41) is 14.0. The van der Waals surface area contributed by atoms with Gasteiger partial charge in [-0.25, -0.2) is 0 Å². The number of rotatable bonds is 6. The predicted molar refractivity (Wildman–Crippen MR) is 120 cm³/mol. The van der Waals surface area contributed by atoms with Crippen molar-refractivity contribution in [2.75, 3.05) is 26.2 Å². The summed E-state index contributed by atoms with van der Waals surface area (Å²) in [5.74, 6) is 0.0778. The van der Waals surface area contributed by atoms with Gasteiger partial charge in [0, 0.05) is 36.4 Å². The number of carbonyl (C=O) groups excluding carboxylic acids is 1. The number of halogens is 2. The zero-order chi connectivity index (χ0) is 22.4. The van der Waals surface area contributed by atoms with E-state index in [9.17, 15) is 10.1 Å². The molecule has 2 unspecified atom stereocenters. The van der Waals surface area contributed by atoms with Crippen molar-refractivity contribution < 1.29 is 9.53 Å². The molecule has 9 heteroatoms. The Morgan fingerprint density at radius 2 is 2.16 bits per heavy atom. The SMILES string of the molecule is CC1COc2c(C#N)cccc2C(=O)N(CC(CCN=[N+]=[N-])c2ccc(Cl)c(Cl)c2)C1. The van der Waals surface area contributed by atoms with E-state index in [0.29, 0.717) is 53.0 Å². The van der Waals surface area contributed by atoms with Crippen LogP contribution in [0.15, 0.2) is 41.5 Å². The third kappa shape index (κ3) is 5.42. The fraction of sp³-hybridized carbons (Fsp3) is 0.364. The van der Waals surface area contributed by atoms with Crippen LogP contribution in [0.2, 0.25) is 10.0 Å². The van der Waals surface area contributed by atoms with Gasteiger partial charge in [-0.15, -0.1) is 0 Å². The first-order valence-electron chi connectivity index (χ1n) is 9.85. The molecule has 2 aromatic rings. The van der Waals surface area contributed by atoms with Gasteiger partial charge in [0.2, 0.25) is 0 Å². The van der Waals surface area contributed by atoms with Gasteiger partial charge in [0.15, 0.2) is 0 Å². The van der Waals surface area contributed by atoms with Gasteiger partial charge in [-0.1, -0.05) is 47.4 Å². The van der Waals surface area contributed by atoms with Crippen molar-refractivity contribution in [2.24, 2.45) is 11.0 Å². The van der Waals surface area contributed by atoms with Crippen molar-refractivity contribution in [1.29, 1.82) is 5.26 Å². The molecule has 1 aliphatic heterocycles. The van der Waals surface area contributed by atoms with E-state index in [-0.39, 0.29) is 24.3 Å². The molecular weight excluding hydrogens is 437 g/mol. The maximum absolute atomic E-state index is 13.4. The number of carbonyl (C=O) groups is 1. The lowest BCUT2D eigenvalue weighted by Gasteiger charge is -2.33. The van der Waals surface area contributed by atoms with Gasteiger partial charge < -0.3 is 9.64 Å². The lowest BCUT2D eigenvalue weighted by Crippen LogP contribution is -2.41. The first kappa shape index (κ1) is 22.8. The fourth-order valence-electron chi connectivity index (χ4n) is 3.67. The maximum Gasteiger partial charge on any atom is 0.257 e. The largest absolute Gasteiger partial charge is 0.491 e. The number of benzene rings is 2. The van der Waals surface area contributed by atoms with Crippen molar-refractivity contribution in [1.82, 2.24) is 4.90 Å². The molecule has 1 aliphatic rings. The summed E-state index contributed by atoms with van der Waals surface area (Å²) in [5.41, 5.74) is 10.3. The van der Waals surface area contributed by atoms with Crippen LogP contribution in [0.1, 0.15) is 40.7 Å². The molecule has 0 fully saturated rings. The molecule has 0 aliphatic carbocycles. The summed E-state index contributed by atoms with van der Waals surface area (Å²) >= 11 is 12.3. The predicted octanol–water partition coefficient (Wildman–Crippen LogP) is 5.82. The summed E-state index contributed by atoms with van der Waals surface area (Å²) in [6.07, 6.45) is 0.543. The number of fused-ring (bicyclic) bond motifs is 1. The van der Waals surface area contributed by atoms with E-state index >= 15 is 0 Å². The van der Waals surface area contributed by atoms with E-state index in [1.165, 1.54) is 0 Å². The van der Waals surface area contributed by atoms with Crippen molar-refractivity contribution in [3.63, 3.8) is 0 Å². The van der Waals surface area contributed by atoms with Crippen LogP contribution in [0.5, 0.6) is 5.75 Å². The molecule has 1 amide bonds. The molecule has 0 saturated carbocycles. The Labute approximate surface area is 190 Å². The fourth-order valence-corrected chi connectivity index (χ4v) is 3.97. The number of ether oxygens (including phenoxy) is 1. The zero-order valence-electron chi connectivity index (χ0n) is 17.0. The summed E-state index contributed by atoms with van der Waals surface area (Å²) in [6, 6.07) is 12.5. The number of para-hydroxylation sites is 1. The second-order valence-electron chi connectivity index (χ2n) is 7.53. The Morgan fingerprint density at radius 3 is 2.87 bits per heavy atom. The van der Waals surface area contributed by atoms with Gasteiger partial charge in [0.1, 0.15) is 11.8 Å². The Hall–Kier alpha value is -2.91. The molecule has 7 nitrogen and oxygen atoms in total. The van der Waals surface area contributed by atoms with E-state index in [4.69, 9.17) is 33.5 Å². The van der Waals surface area contributed by atoms with E-state index in [2.05, 4.69) is 16.1 Å². The summed E-state index contributed by atoms with van der Waals surface area (Å²) < 4.78 is 5.82. The van der Waals surface area contributed by atoms with Gasteiger partial charge >= 0.3 is 0 Å². The van der Waals surface area contributed by atoms with Crippen molar-refractivity contribution in [2.45, 2.75) is 19.3 Å². The minimum absolute atomic E-state index is 0.0652. The smallest absolute Gasteiger partial charge is 0.257 e. The average Bonchev–Trinajstić information content (AvgIpc) is 2.76. The number of nitrogens with zero attached hydrogens (tertiary/aromatic N) is 5. The standard InChI is InChI=1S/C22H21Cl2N5O2/c1-14-11-29(22(30)18-4-2-3-16(10-25)21(18)31-13-14)12-17(7-8-27-28-26)15-5-6-19(23)20(24)9-15/h2-6,9,14,17H,7-8,11-13H2,1H3. The van der Waals surface area contributed by atoms with Gasteiger partial charge in [0.25, 0.3) is 5.91 Å². The quantitative estimate of drug-likeness (QED) is 0.310. The minimum Gasteiger partial charge on any atom is -0.491 e. The highest BCUT2D eigenvalue weighted by Gasteiger charge is 2.29. The van der Waals surface area contributed by atoms with Gasteiger partial charge in [-0.3, -0.25) is 4.79 Å². The third-order valence-corrected chi connectivity index (χ3v) is 5.93. The monoisotopic (exact) mass is 457 g/mol. The Balaban J connectivity index is 1.96. The number of nitriles is 1. The number of hydrogen-bond donors (Lipinski definition) is 0. The highest BCUT2D eigenvalue weighted by Crippen LogP contribution is 2.32. The van der Waals surface area contributed by atoms with Gasteiger partial charge in [0.05, 0.1) is 27.8 Å². The molecular formula is C22H21Cl2N5O2. The molecule has 2 aromatic carbocycles. The number of hydrogen-bond acceptors (Lipinski definition) is 4. The molecule has 160 valence electrons. The Morgan fingerprint density at radius 1 is 1.35 bits per heavy atom. The molecule has 0 radical (unpaired) electrons. The van der Waals surface area contributed by atoms with Crippen LogP contribution in [-0.2, 0) is 0 Å². The molecule has 0 spiro atoms. The molecule has 1 heterocycles. The summed E-state index contributed by atoms with van der Waals surface area (Å²) in [6.45, 7) is 3.57. The Bertz CT molecular complexity index is 1060. The van der Waals surface area contributed by atoms with Crippen LogP contribution in [0.25, 0.3) is 10.4 Å². The van der Waals surface area contributed by atoms with E-state index in [1.54, 1.807) is 35.2 Å². The molecule has 3 rings (SSSR count). The van der Waals surface area contributed by atoms with Crippen LogP contribution in [0.3, 0.4) is 0 Å². The maximum atomic E-state index is 13.4. The van der Waals surface area contributed by atoms with Crippen molar-refractivity contribution in [3.05, 3.63) is 73.6 Å². The third-order valence-electron chi connectivity index (χ3n) is 5.19. The van der Waals surface area contributed by atoms with Crippen LogP contribution >= 0.6 is 23.2 Å². The Kier molecular flexibility index (Phi) is 7.64. The van der Waals surface area contributed by atoms with Crippen LogP contribution < -0.4 is 4.74 Å². The molecule has 31 heavy (non-hydrogen) atoms. The van der Waals surface area contributed by atoms with Gasteiger partial charge in [-0.05, 0) is 41.8 Å². The van der Waals surface area contributed by atoms with Gasteiger partial charge in [-0.2, -0.15) is 5.26 Å². The lowest BCUT2D eigenvalue weighted by molar-refractivity contribution is 0.0669. The normalized spacial score (nSPS) is 16.8. The highest BCUT2D eigenvalue weighted by molar-refractivity contribution is 6.42. The molecule has 2 atom stereocenters. The van der Waals surface area contributed by atoms with E-state index in [1.807, 2.05) is 13.0 Å². The number of azide groups is 1. The van der Waals surface area contributed by atoms with Crippen molar-refractivity contribution in [3.8, 4) is 11.8 Å². The first-order chi connectivity index (χ1) is 14.9. The summed E-state index contributed by atoms with van der Waals surface area (Å²) in [7, 11) is 0. The van der Waals surface area contributed by atoms with Crippen LogP contribution in [-0.4, -0.2) is 37.0 Å². The van der Waals surface area contributed by atoms with Crippen LogP contribution in [0, 0.1) is 17.2 Å². The van der Waals surface area contributed by atoms with Crippen LogP contribution in [0.4, 0.5) is 0 Å². The molecule has 0 bridgehead atoms. The highest BCUT2D eigenvalue weighted by atomic mass is 35.5. The molecule has 0 aromatic heterocycles.